The summed E-state index contributed by atoms with van der Waals surface area (Å²) in [5.74, 6) is -0.218. The fraction of sp³-hybridized carbons (Fsp3) is 0.217. The minimum Gasteiger partial charge on any atom is -0.464 e. The van der Waals surface area contributed by atoms with E-state index in [1.165, 1.54) is 29.2 Å². The number of halogens is 1. The lowest BCUT2D eigenvalue weighted by molar-refractivity contribution is -0.117. The molecule has 3 heterocycles. The first-order valence-electron chi connectivity index (χ1n) is 10.7. The molecular weight excluding hydrogens is 528 g/mol. The number of carbonyl (C=O) groups excluding carboxylic acids is 2. The van der Waals surface area contributed by atoms with Gasteiger partial charge in [-0.3, -0.25) is 9.59 Å². The van der Waals surface area contributed by atoms with Crippen LogP contribution in [0.5, 0.6) is 5.75 Å². The fourth-order valence-electron chi connectivity index (χ4n) is 3.19. The predicted molar refractivity (Wildman–Crippen MR) is 132 cm³/mol. The molecule has 1 N–H and O–H groups in total. The zero-order valence-corrected chi connectivity index (χ0v) is 21.0. The molecule has 1 aliphatic rings. The molecule has 1 amide bonds. The van der Waals surface area contributed by atoms with Gasteiger partial charge in [-0.2, -0.15) is 0 Å². The van der Waals surface area contributed by atoms with Crippen molar-refractivity contribution < 1.29 is 23.3 Å². The van der Waals surface area contributed by atoms with E-state index in [0.29, 0.717) is 25.8 Å². The minimum atomic E-state index is -0.826. The number of rotatable bonds is 8. The van der Waals surface area contributed by atoms with E-state index in [-0.39, 0.29) is 40.3 Å². The summed E-state index contributed by atoms with van der Waals surface area (Å²) in [5.41, 5.74) is 0.232. The van der Waals surface area contributed by atoms with Crippen molar-refractivity contribution in [3.05, 3.63) is 68.9 Å². The third kappa shape index (κ3) is 5.35. The van der Waals surface area contributed by atoms with Crippen LogP contribution in [0.15, 0.2) is 54.7 Å². The van der Waals surface area contributed by atoms with Gasteiger partial charge in [-0.15, -0.1) is 10.2 Å². The van der Waals surface area contributed by atoms with Crippen molar-refractivity contribution in [2.24, 2.45) is 5.92 Å². The molecule has 13 heteroatoms. The third-order valence-corrected chi connectivity index (χ3v) is 7.50. The Kier molecular flexibility index (Phi) is 6.90. The molecule has 0 atom stereocenters. The maximum absolute atomic E-state index is 12.9. The summed E-state index contributed by atoms with van der Waals surface area (Å²) in [6.07, 6.45) is 2.88. The normalized spacial score (nSPS) is 12.9. The number of carbonyl (C=O) groups is 2. The molecule has 4 aromatic rings. The Morgan fingerprint density at radius 2 is 2.08 bits per heavy atom. The van der Waals surface area contributed by atoms with E-state index in [2.05, 4.69) is 20.7 Å². The Bertz CT molecular complexity index is 1510. The highest BCUT2D eigenvalue weighted by molar-refractivity contribution is 8.00. The quantitative estimate of drug-likeness (QED) is 0.184. The third-order valence-electron chi connectivity index (χ3n) is 5.17. The fourth-order valence-corrected chi connectivity index (χ4v) is 5.06. The molecule has 0 spiro atoms. The summed E-state index contributed by atoms with van der Waals surface area (Å²) in [4.78, 5) is 37.3. The number of ether oxygens (including phenoxy) is 1. The Morgan fingerprint density at radius 1 is 1.28 bits per heavy atom. The summed E-state index contributed by atoms with van der Waals surface area (Å²) in [7, 11) is 0. The van der Waals surface area contributed by atoms with Crippen molar-refractivity contribution in [1.29, 1.82) is 0 Å². The highest BCUT2D eigenvalue weighted by Crippen LogP contribution is 2.33. The maximum atomic E-state index is 12.9. The molecule has 0 radical (unpaired) electrons. The van der Waals surface area contributed by atoms with E-state index in [0.717, 1.165) is 19.1 Å². The van der Waals surface area contributed by atoms with E-state index in [1.54, 1.807) is 31.2 Å². The van der Waals surface area contributed by atoms with Crippen LogP contribution in [0.3, 0.4) is 0 Å². The van der Waals surface area contributed by atoms with Gasteiger partial charge < -0.3 is 19.0 Å². The van der Waals surface area contributed by atoms with Crippen LogP contribution in [-0.2, 0) is 10.5 Å². The summed E-state index contributed by atoms with van der Waals surface area (Å²) < 4.78 is 16.6. The molecule has 1 saturated carbocycles. The SMILES string of the molecule is Cc1onc(-c2ccccc2Cl)c1C(=O)Oc1coc(CSc2nnc(NC(=O)C3CC3)s2)cc1=O. The molecule has 0 aliphatic heterocycles. The molecule has 0 saturated heterocycles. The maximum Gasteiger partial charge on any atom is 0.349 e. The van der Waals surface area contributed by atoms with E-state index >= 15 is 0 Å². The highest BCUT2D eigenvalue weighted by Gasteiger charge is 2.30. The van der Waals surface area contributed by atoms with Crippen molar-refractivity contribution >= 4 is 51.7 Å². The molecular formula is C23H17ClN4O6S2. The van der Waals surface area contributed by atoms with Crippen LogP contribution in [0.4, 0.5) is 5.13 Å². The molecule has 36 heavy (non-hydrogen) atoms. The van der Waals surface area contributed by atoms with Gasteiger partial charge in [-0.05, 0) is 25.8 Å². The number of nitrogens with zero attached hydrogens (tertiary/aromatic N) is 3. The average molecular weight is 545 g/mol. The topological polar surface area (TPSA) is 137 Å². The van der Waals surface area contributed by atoms with Crippen molar-refractivity contribution in [3.8, 4) is 17.0 Å². The molecule has 184 valence electrons. The van der Waals surface area contributed by atoms with Crippen LogP contribution in [0.2, 0.25) is 5.02 Å². The monoisotopic (exact) mass is 544 g/mol. The van der Waals surface area contributed by atoms with Gasteiger partial charge >= 0.3 is 5.97 Å². The van der Waals surface area contributed by atoms with Crippen LogP contribution in [0, 0.1) is 12.8 Å². The number of aromatic nitrogens is 3. The number of esters is 1. The van der Waals surface area contributed by atoms with Crippen LogP contribution >= 0.6 is 34.7 Å². The number of nitrogens with one attached hydrogen (secondary N) is 1. The van der Waals surface area contributed by atoms with Gasteiger partial charge in [-0.1, -0.05) is 58.1 Å². The first kappa shape index (κ1) is 24.2. The van der Waals surface area contributed by atoms with Crippen LogP contribution < -0.4 is 15.5 Å². The Hall–Kier alpha value is -3.48. The van der Waals surface area contributed by atoms with Crippen LogP contribution in [0.25, 0.3) is 11.3 Å². The summed E-state index contributed by atoms with van der Waals surface area (Å²) in [6.45, 7) is 1.56. The first-order chi connectivity index (χ1) is 17.4. The van der Waals surface area contributed by atoms with Crippen LogP contribution in [0.1, 0.15) is 34.7 Å². The smallest absolute Gasteiger partial charge is 0.349 e. The zero-order valence-electron chi connectivity index (χ0n) is 18.6. The number of benzene rings is 1. The Labute approximate surface area is 217 Å². The number of hydrogen-bond donors (Lipinski definition) is 1. The lowest BCUT2D eigenvalue weighted by Gasteiger charge is -2.06. The Morgan fingerprint density at radius 3 is 2.83 bits per heavy atom. The number of thioether (sulfide) groups is 1. The molecule has 10 nitrogen and oxygen atoms in total. The molecule has 0 bridgehead atoms. The van der Waals surface area contributed by atoms with Gasteiger partial charge in [0.25, 0.3) is 0 Å². The molecule has 1 fully saturated rings. The van der Waals surface area contributed by atoms with Gasteiger partial charge in [0.15, 0.2) is 4.34 Å². The molecule has 1 aliphatic carbocycles. The lowest BCUT2D eigenvalue weighted by atomic mass is 10.1. The second-order valence-corrected chi connectivity index (χ2v) is 10.4. The van der Waals surface area contributed by atoms with Gasteiger partial charge in [-0.25, -0.2) is 4.79 Å². The predicted octanol–water partition coefficient (Wildman–Crippen LogP) is 4.97. The average Bonchev–Trinajstić information content (AvgIpc) is 3.51. The van der Waals surface area contributed by atoms with E-state index < -0.39 is 11.4 Å². The molecule has 0 unspecified atom stereocenters. The summed E-state index contributed by atoms with van der Waals surface area (Å²) in [6, 6.07) is 8.09. The highest BCUT2D eigenvalue weighted by atomic mass is 35.5. The van der Waals surface area contributed by atoms with Crippen molar-refractivity contribution in [2.45, 2.75) is 29.9 Å². The number of anilines is 1. The zero-order chi connectivity index (χ0) is 25.2. The van der Waals surface area contributed by atoms with Gasteiger partial charge in [0.2, 0.25) is 22.2 Å². The van der Waals surface area contributed by atoms with Gasteiger partial charge in [0.1, 0.15) is 29.0 Å². The largest absolute Gasteiger partial charge is 0.464 e. The molecule has 3 aromatic heterocycles. The molecule has 5 rings (SSSR count). The lowest BCUT2D eigenvalue weighted by Crippen LogP contribution is -2.16. The minimum absolute atomic E-state index is 0.0424. The second kappa shape index (κ2) is 10.2. The van der Waals surface area contributed by atoms with Crippen molar-refractivity contribution in [1.82, 2.24) is 15.4 Å². The van der Waals surface area contributed by atoms with E-state index in [1.807, 2.05) is 0 Å². The van der Waals surface area contributed by atoms with E-state index in [9.17, 15) is 14.4 Å². The van der Waals surface area contributed by atoms with Crippen LogP contribution in [-0.4, -0.2) is 27.2 Å². The van der Waals surface area contributed by atoms with Crippen molar-refractivity contribution in [3.63, 3.8) is 0 Å². The second-order valence-electron chi connectivity index (χ2n) is 7.83. The number of aryl methyl sites for hydroxylation is 1. The standard InChI is InChI=1S/C23H17ClN4O6S2/c1-11-18(19(28-34-11)14-4-2-3-5-15(14)24)21(31)33-17-9-32-13(8-16(17)29)10-35-23-27-26-22(36-23)25-20(30)12-6-7-12/h2-5,8-9,12H,6-7,10H2,1H3,(H,25,26,30). The number of hydrogen-bond acceptors (Lipinski definition) is 11. The Balaban J connectivity index is 1.24. The summed E-state index contributed by atoms with van der Waals surface area (Å²) >= 11 is 8.76. The van der Waals surface area contributed by atoms with Crippen molar-refractivity contribution in [2.75, 3.05) is 5.32 Å². The number of amides is 1. The summed E-state index contributed by atoms with van der Waals surface area (Å²) in [5, 5.41) is 15.5. The van der Waals surface area contributed by atoms with E-state index in [4.69, 9.17) is 25.3 Å². The first-order valence-corrected chi connectivity index (χ1v) is 12.9. The van der Waals surface area contributed by atoms with Gasteiger partial charge in [0.05, 0.1) is 10.8 Å². The molecule has 1 aromatic carbocycles. The van der Waals surface area contributed by atoms with Gasteiger partial charge in [0, 0.05) is 17.5 Å².